The van der Waals surface area contributed by atoms with Gasteiger partial charge in [-0.25, -0.2) is 9.97 Å². The fourth-order valence-electron chi connectivity index (χ4n) is 2.58. The van der Waals surface area contributed by atoms with Gasteiger partial charge in [-0.05, 0) is 30.5 Å². The number of aryl methyl sites for hydroxylation is 2. The van der Waals surface area contributed by atoms with Crippen LogP contribution in [0.3, 0.4) is 0 Å². The minimum absolute atomic E-state index is 0.0260. The summed E-state index contributed by atoms with van der Waals surface area (Å²) >= 11 is 0. The molecule has 130 valence electrons. The summed E-state index contributed by atoms with van der Waals surface area (Å²) in [6.07, 6.45) is -4.55. The van der Waals surface area contributed by atoms with Crippen molar-refractivity contribution < 1.29 is 13.2 Å². The van der Waals surface area contributed by atoms with Crippen LogP contribution in [0, 0.1) is 6.92 Å². The van der Waals surface area contributed by atoms with Crippen LogP contribution in [0.4, 0.5) is 19.1 Å². The van der Waals surface area contributed by atoms with Crippen molar-refractivity contribution in [1.82, 2.24) is 14.5 Å². The van der Waals surface area contributed by atoms with Crippen LogP contribution in [0.25, 0.3) is 10.9 Å². The van der Waals surface area contributed by atoms with Gasteiger partial charge in [0.25, 0.3) is 5.56 Å². The van der Waals surface area contributed by atoms with E-state index in [1.165, 1.54) is 11.5 Å². The molecule has 25 heavy (non-hydrogen) atoms. The summed E-state index contributed by atoms with van der Waals surface area (Å²) < 4.78 is 40.0. The first-order valence-corrected chi connectivity index (χ1v) is 7.50. The first-order chi connectivity index (χ1) is 11.8. The Kier molecular flexibility index (Phi) is 4.20. The van der Waals surface area contributed by atoms with E-state index in [1.54, 1.807) is 13.1 Å². The second-order valence-corrected chi connectivity index (χ2v) is 5.66. The van der Waals surface area contributed by atoms with Crippen LogP contribution in [-0.2, 0) is 19.8 Å². The van der Waals surface area contributed by atoms with Crippen LogP contribution < -0.4 is 10.9 Å². The Bertz CT molecular complexity index is 995. The highest BCUT2D eigenvalue weighted by Crippen LogP contribution is 2.28. The van der Waals surface area contributed by atoms with E-state index in [4.69, 9.17) is 0 Å². The molecule has 2 heterocycles. The summed E-state index contributed by atoms with van der Waals surface area (Å²) in [5, 5.41) is 3.57. The van der Waals surface area contributed by atoms with Crippen molar-refractivity contribution in [3.05, 3.63) is 63.7 Å². The summed E-state index contributed by atoms with van der Waals surface area (Å²) in [5.41, 5.74) is 0.141. The highest BCUT2D eigenvalue weighted by atomic mass is 19.4. The summed E-state index contributed by atoms with van der Waals surface area (Å²) in [5.74, 6) is -0.164. The summed E-state index contributed by atoms with van der Waals surface area (Å²) in [7, 11) is 1.65. The van der Waals surface area contributed by atoms with E-state index in [2.05, 4.69) is 15.3 Å². The minimum atomic E-state index is -4.55. The molecule has 0 saturated heterocycles. The monoisotopic (exact) mass is 348 g/mol. The fraction of sp³-hybridized carbons (Fsp3) is 0.235. The van der Waals surface area contributed by atoms with Crippen molar-refractivity contribution in [3.8, 4) is 0 Å². The van der Waals surface area contributed by atoms with E-state index in [1.807, 2.05) is 24.3 Å². The number of para-hydroxylation sites is 1. The molecule has 2 aromatic heterocycles. The molecule has 0 aliphatic heterocycles. The number of hydrogen-bond donors (Lipinski definition) is 1. The van der Waals surface area contributed by atoms with Gasteiger partial charge in [-0.2, -0.15) is 13.2 Å². The molecular weight excluding hydrogens is 333 g/mol. The Morgan fingerprint density at radius 3 is 2.60 bits per heavy atom. The zero-order valence-corrected chi connectivity index (χ0v) is 13.6. The Morgan fingerprint density at radius 2 is 1.88 bits per heavy atom. The first kappa shape index (κ1) is 16.9. The zero-order chi connectivity index (χ0) is 18.2. The van der Waals surface area contributed by atoms with Crippen LogP contribution in [0.15, 0.2) is 41.2 Å². The minimum Gasteiger partial charge on any atom is -0.350 e. The van der Waals surface area contributed by atoms with Gasteiger partial charge in [0, 0.05) is 24.8 Å². The Hall–Kier alpha value is -2.90. The van der Waals surface area contributed by atoms with Gasteiger partial charge in [0.05, 0.1) is 5.52 Å². The third-order valence-electron chi connectivity index (χ3n) is 3.79. The molecule has 0 atom stereocenters. The van der Waals surface area contributed by atoms with Gasteiger partial charge < -0.3 is 9.88 Å². The Morgan fingerprint density at radius 1 is 1.16 bits per heavy atom. The van der Waals surface area contributed by atoms with Crippen LogP contribution in [-0.4, -0.2) is 14.5 Å². The molecule has 0 aliphatic rings. The molecule has 8 heteroatoms. The van der Waals surface area contributed by atoms with Crippen LogP contribution in [0.5, 0.6) is 0 Å². The maximum atomic E-state index is 12.8. The van der Waals surface area contributed by atoms with E-state index in [0.717, 1.165) is 17.0 Å². The number of anilines is 1. The van der Waals surface area contributed by atoms with Gasteiger partial charge in [0.2, 0.25) is 5.95 Å². The molecule has 0 unspecified atom stereocenters. The highest BCUT2D eigenvalue weighted by Gasteiger charge is 2.33. The predicted octanol–water partition coefficient (Wildman–Crippen LogP) is 3.27. The average molecular weight is 348 g/mol. The summed E-state index contributed by atoms with van der Waals surface area (Å²) in [4.78, 5) is 19.8. The normalized spacial score (nSPS) is 11.7. The molecule has 0 bridgehead atoms. The summed E-state index contributed by atoms with van der Waals surface area (Å²) in [6.45, 7) is 1.48. The van der Waals surface area contributed by atoms with Gasteiger partial charge in [-0.3, -0.25) is 4.79 Å². The topological polar surface area (TPSA) is 59.8 Å². The van der Waals surface area contributed by atoms with Crippen LogP contribution in [0.2, 0.25) is 0 Å². The van der Waals surface area contributed by atoms with Gasteiger partial charge in [0.1, 0.15) is 5.69 Å². The molecule has 0 saturated carbocycles. The lowest BCUT2D eigenvalue weighted by Gasteiger charge is -2.11. The number of halogens is 3. The lowest BCUT2D eigenvalue weighted by molar-refractivity contribution is -0.141. The highest BCUT2D eigenvalue weighted by molar-refractivity contribution is 5.79. The van der Waals surface area contributed by atoms with Crippen molar-refractivity contribution in [2.24, 2.45) is 7.05 Å². The van der Waals surface area contributed by atoms with Crippen LogP contribution >= 0.6 is 0 Å². The van der Waals surface area contributed by atoms with Crippen molar-refractivity contribution in [2.75, 3.05) is 5.32 Å². The molecule has 0 amide bonds. The molecule has 3 rings (SSSR count). The van der Waals surface area contributed by atoms with Crippen molar-refractivity contribution in [3.63, 3.8) is 0 Å². The second-order valence-electron chi connectivity index (χ2n) is 5.66. The van der Waals surface area contributed by atoms with E-state index in [-0.39, 0.29) is 23.7 Å². The lowest BCUT2D eigenvalue weighted by atomic mass is 10.1. The lowest BCUT2D eigenvalue weighted by Crippen LogP contribution is -2.23. The predicted molar refractivity (Wildman–Crippen MR) is 88.3 cm³/mol. The molecule has 0 fully saturated rings. The molecule has 5 nitrogen and oxygen atoms in total. The maximum absolute atomic E-state index is 12.8. The van der Waals surface area contributed by atoms with Gasteiger partial charge in [-0.15, -0.1) is 0 Å². The smallest absolute Gasteiger partial charge is 0.350 e. The number of hydrogen-bond acceptors (Lipinski definition) is 4. The molecular formula is C17H15F3N4O. The number of pyridine rings is 1. The number of rotatable bonds is 3. The van der Waals surface area contributed by atoms with Gasteiger partial charge in [0.15, 0.2) is 0 Å². The SMILES string of the molecule is Cc1cc(C(F)(F)F)nc(NCc2cc3ccccc3n(C)c2=O)n1. The molecule has 0 aliphatic carbocycles. The van der Waals surface area contributed by atoms with Crippen molar-refractivity contribution in [2.45, 2.75) is 19.6 Å². The van der Waals surface area contributed by atoms with E-state index in [9.17, 15) is 18.0 Å². The molecule has 0 radical (unpaired) electrons. The van der Waals surface area contributed by atoms with E-state index < -0.39 is 11.9 Å². The average Bonchev–Trinajstić information content (AvgIpc) is 2.55. The molecule has 1 N–H and O–H groups in total. The van der Waals surface area contributed by atoms with Crippen molar-refractivity contribution >= 4 is 16.9 Å². The number of aromatic nitrogens is 3. The third-order valence-corrected chi connectivity index (χ3v) is 3.79. The Balaban J connectivity index is 1.92. The van der Waals surface area contributed by atoms with Gasteiger partial charge >= 0.3 is 6.18 Å². The first-order valence-electron chi connectivity index (χ1n) is 7.50. The largest absolute Gasteiger partial charge is 0.433 e. The molecule has 0 spiro atoms. The quantitative estimate of drug-likeness (QED) is 0.789. The van der Waals surface area contributed by atoms with E-state index in [0.29, 0.717) is 5.56 Å². The molecule has 3 aromatic rings. The van der Waals surface area contributed by atoms with E-state index >= 15 is 0 Å². The summed E-state index contributed by atoms with van der Waals surface area (Å²) in [6, 6.07) is 9.96. The fourth-order valence-corrected chi connectivity index (χ4v) is 2.58. The standard InChI is InChI=1S/C17H15F3N4O/c1-10-7-14(17(18,19)20)23-16(22-10)21-9-12-8-11-5-3-4-6-13(11)24(2)15(12)25/h3-8H,9H2,1-2H3,(H,21,22,23). The molecule has 1 aromatic carbocycles. The number of nitrogens with one attached hydrogen (secondary N) is 1. The Labute approximate surface area is 141 Å². The second kappa shape index (κ2) is 6.19. The number of benzene rings is 1. The third kappa shape index (κ3) is 3.47. The zero-order valence-electron chi connectivity index (χ0n) is 13.6. The number of alkyl halides is 3. The number of fused-ring (bicyclic) bond motifs is 1. The van der Waals surface area contributed by atoms with Gasteiger partial charge in [-0.1, -0.05) is 18.2 Å². The van der Waals surface area contributed by atoms with Crippen molar-refractivity contribution in [1.29, 1.82) is 0 Å². The number of nitrogens with zero attached hydrogens (tertiary/aromatic N) is 3. The maximum Gasteiger partial charge on any atom is 0.433 e. The van der Waals surface area contributed by atoms with Crippen LogP contribution in [0.1, 0.15) is 17.0 Å².